The number of halogens is 1. The van der Waals surface area contributed by atoms with Crippen molar-refractivity contribution in [2.24, 2.45) is 5.73 Å². The minimum Gasteiger partial charge on any atom is -0.341 e. The van der Waals surface area contributed by atoms with E-state index in [4.69, 9.17) is 5.73 Å². The Morgan fingerprint density at radius 1 is 1.41 bits per heavy atom. The number of nitrogens with two attached hydrogens (primary N) is 1. The summed E-state index contributed by atoms with van der Waals surface area (Å²) in [7, 11) is -3.95. The highest BCUT2D eigenvalue weighted by atomic mass is 32.2. The summed E-state index contributed by atoms with van der Waals surface area (Å²) in [6.07, 6.45) is 1.78. The molecule has 0 saturated carbocycles. The largest absolute Gasteiger partial charge is 0.341 e. The molecule has 3 N–H and O–H groups in total. The Balaban J connectivity index is 1.88. The molecule has 1 aromatic carbocycles. The lowest BCUT2D eigenvalue weighted by molar-refractivity contribution is -0.132. The van der Waals surface area contributed by atoms with Crippen molar-refractivity contribution in [3.63, 3.8) is 0 Å². The first-order valence-electron chi connectivity index (χ1n) is 7.18. The first-order valence-corrected chi connectivity index (χ1v) is 8.66. The van der Waals surface area contributed by atoms with Crippen molar-refractivity contribution in [1.29, 1.82) is 0 Å². The van der Waals surface area contributed by atoms with Crippen LogP contribution in [0.25, 0.3) is 0 Å². The number of likely N-dealkylation sites (tertiary alicyclic amines) is 1. The molecule has 1 fully saturated rings. The van der Waals surface area contributed by atoms with Gasteiger partial charge in [-0.2, -0.15) is 0 Å². The van der Waals surface area contributed by atoms with Gasteiger partial charge in [0.2, 0.25) is 15.9 Å². The molecule has 22 heavy (non-hydrogen) atoms. The third-order valence-corrected chi connectivity index (χ3v) is 5.06. The number of carbonyl (C=O) groups is 1. The second-order valence-electron chi connectivity index (χ2n) is 5.32. The summed E-state index contributed by atoms with van der Waals surface area (Å²) in [5.41, 5.74) is 5.81. The van der Waals surface area contributed by atoms with Gasteiger partial charge in [-0.25, -0.2) is 17.5 Å². The summed E-state index contributed by atoms with van der Waals surface area (Å²) >= 11 is 0. The van der Waals surface area contributed by atoms with Gasteiger partial charge in [-0.3, -0.25) is 4.79 Å². The average Bonchev–Trinajstić information content (AvgIpc) is 2.47. The summed E-state index contributed by atoms with van der Waals surface area (Å²) in [4.78, 5) is 13.2. The van der Waals surface area contributed by atoms with Gasteiger partial charge in [0.1, 0.15) is 10.7 Å². The normalized spacial score (nSPS) is 19.2. The molecule has 1 aromatic rings. The molecule has 0 bridgehead atoms. The first kappa shape index (κ1) is 16.9. The Hall–Kier alpha value is -1.51. The zero-order valence-electron chi connectivity index (χ0n) is 12.2. The molecule has 1 atom stereocenters. The number of hydrogen-bond donors (Lipinski definition) is 2. The topological polar surface area (TPSA) is 92.5 Å². The SMILES string of the molecule is NC1CCCN(C(=O)CCNS(=O)(=O)c2ccccc2F)C1. The van der Waals surface area contributed by atoms with Gasteiger partial charge >= 0.3 is 0 Å². The second kappa shape index (κ2) is 7.17. The minimum absolute atomic E-state index is 0.0205. The molecule has 1 aliphatic heterocycles. The highest BCUT2D eigenvalue weighted by Gasteiger charge is 2.22. The molecule has 1 heterocycles. The summed E-state index contributed by atoms with van der Waals surface area (Å²) in [5.74, 6) is -0.963. The van der Waals surface area contributed by atoms with Crippen LogP contribution in [0.5, 0.6) is 0 Å². The summed E-state index contributed by atoms with van der Waals surface area (Å²) in [6.45, 7) is 1.08. The predicted octanol–water partition coefficient (Wildman–Crippen LogP) is 0.444. The summed E-state index contributed by atoms with van der Waals surface area (Å²) in [6, 6.07) is 5.10. The maximum absolute atomic E-state index is 13.5. The molecule has 8 heteroatoms. The van der Waals surface area contributed by atoms with Crippen molar-refractivity contribution in [3.05, 3.63) is 30.1 Å². The van der Waals surface area contributed by atoms with Gasteiger partial charge in [0, 0.05) is 32.1 Å². The predicted molar refractivity (Wildman–Crippen MR) is 80.0 cm³/mol. The van der Waals surface area contributed by atoms with E-state index in [1.165, 1.54) is 18.2 Å². The molecule has 1 saturated heterocycles. The number of amides is 1. The van der Waals surface area contributed by atoms with Gasteiger partial charge in [0.15, 0.2) is 0 Å². The zero-order valence-corrected chi connectivity index (χ0v) is 13.0. The van der Waals surface area contributed by atoms with Crippen LogP contribution < -0.4 is 10.5 Å². The van der Waals surface area contributed by atoms with Crippen molar-refractivity contribution in [2.45, 2.75) is 30.2 Å². The molecule has 122 valence electrons. The highest BCUT2D eigenvalue weighted by Crippen LogP contribution is 2.13. The van der Waals surface area contributed by atoms with Crippen molar-refractivity contribution < 1.29 is 17.6 Å². The lowest BCUT2D eigenvalue weighted by Gasteiger charge is -2.30. The van der Waals surface area contributed by atoms with E-state index >= 15 is 0 Å². The fourth-order valence-corrected chi connectivity index (χ4v) is 3.54. The van der Waals surface area contributed by atoms with E-state index in [0.717, 1.165) is 18.9 Å². The number of nitrogens with one attached hydrogen (secondary N) is 1. The molecule has 1 aliphatic rings. The van der Waals surface area contributed by atoms with Gasteiger partial charge in [-0.15, -0.1) is 0 Å². The van der Waals surface area contributed by atoms with Crippen molar-refractivity contribution in [1.82, 2.24) is 9.62 Å². The van der Waals surface area contributed by atoms with Crippen LogP contribution in [0.15, 0.2) is 29.2 Å². The standard InChI is InChI=1S/C14H20FN3O3S/c15-12-5-1-2-6-13(12)22(20,21)17-8-7-14(19)18-9-3-4-11(16)10-18/h1-2,5-6,11,17H,3-4,7-10,16H2. The lowest BCUT2D eigenvalue weighted by atomic mass is 10.1. The number of hydrogen-bond acceptors (Lipinski definition) is 4. The van der Waals surface area contributed by atoms with Gasteiger partial charge in [0.05, 0.1) is 0 Å². The van der Waals surface area contributed by atoms with E-state index in [2.05, 4.69) is 4.72 Å². The van der Waals surface area contributed by atoms with Crippen LogP contribution in [0, 0.1) is 5.82 Å². The maximum Gasteiger partial charge on any atom is 0.243 e. The quantitative estimate of drug-likeness (QED) is 0.820. The number of benzene rings is 1. The maximum atomic E-state index is 13.5. The lowest BCUT2D eigenvalue weighted by Crippen LogP contribution is -2.46. The number of sulfonamides is 1. The number of piperidine rings is 1. The molecule has 1 amide bonds. The molecule has 0 aromatic heterocycles. The zero-order chi connectivity index (χ0) is 16.2. The van der Waals surface area contributed by atoms with Crippen LogP contribution in [0.3, 0.4) is 0 Å². The van der Waals surface area contributed by atoms with E-state index in [0.29, 0.717) is 13.1 Å². The van der Waals surface area contributed by atoms with Crippen LogP contribution in [0.4, 0.5) is 4.39 Å². The average molecular weight is 329 g/mol. The monoisotopic (exact) mass is 329 g/mol. The van der Waals surface area contributed by atoms with Gasteiger partial charge in [-0.1, -0.05) is 12.1 Å². The summed E-state index contributed by atoms with van der Waals surface area (Å²) in [5, 5.41) is 0. The summed E-state index contributed by atoms with van der Waals surface area (Å²) < 4.78 is 39.7. The molecule has 2 rings (SSSR count). The van der Waals surface area contributed by atoms with Crippen molar-refractivity contribution in [3.8, 4) is 0 Å². The second-order valence-corrected chi connectivity index (χ2v) is 7.06. The van der Waals surface area contributed by atoms with E-state index < -0.39 is 20.7 Å². The Morgan fingerprint density at radius 2 is 2.14 bits per heavy atom. The first-order chi connectivity index (χ1) is 10.4. The fraction of sp³-hybridized carbons (Fsp3) is 0.500. The van der Waals surface area contributed by atoms with E-state index in [1.54, 1.807) is 4.90 Å². The molecular weight excluding hydrogens is 309 g/mol. The van der Waals surface area contributed by atoms with Crippen molar-refractivity contribution in [2.75, 3.05) is 19.6 Å². The number of nitrogens with zero attached hydrogens (tertiary/aromatic N) is 1. The van der Waals surface area contributed by atoms with Crippen LogP contribution in [-0.2, 0) is 14.8 Å². The van der Waals surface area contributed by atoms with Gasteiger partial charge in [-0.05, 0) is 25.0 Å². The van der Waals surface area contributed by atoms with E-state index in [9.17, 15) is 17.6 Å². The Morgan fingerprint density at radius 3 is 2.82 bits per heavy atom. The molecule has 6 nitrogen and oxygen atoms in total. The van der Waals surface area contributed by atoms with Crippen LogP contribution in [0.2, 0.25) is 0 Å². The third kappa shape index (κ3) is 4.25. The minimum atomic E-state index is -3.95. The van der Waals surface area contributed by atoms with Crippen molar-refractivity contribution >= 4 is 15.9 Å². The molecule has 0 spiro atoms. The fourth-order valence-electron chi connectivity index (χ4n) is 2.43. The van der Waals surface area contributed by atoms with Crippen LogP contribution in [-0.4, -0.2) is 44.9 Å². The molecule has 1 unspecified atom stereocenters. The molecule has 0 aliphatic carbocycles. The van der Waals surface area contributed by atoms with Crippen LogP contribution >= 0.6 is 0 Å². The Labute approximate surface area is 129 Å². The highest BCUT2D eigenvalue weighted by molar-refractivity contribution is 7.89. The molecule has 0 radical (unpaired) electrons. The Bertz CT molecular complexity index is 636. The third-order valence-electron chi connectivity index (χ3n) is 3.57. The Kier molecular flexibility index (Phi) is 5.49. The number of carbonyl (C=O) groups excluding carboxylic acids is 1. The van der Waals surface area contributed by atoms with Gasteiger partial charge < -0.3 is 10.6 Å². The smallest absolute Gasteiger partial charge is 0.243 e. The van der Waals surface area contributed by atoms with Gasteiger partial charge in [0.25, 0.3) is 0 Å². The van der Waals surface area contributed by atoms with E-state index in [-0.39, 0.29) is 24.9 Å². The van der Waals surface area contributed by atoms with Crippen LogP contribution in [0.1, 0.15) is 19.3 Å². The number of rotatable bonds is 5. The van der Waals surface area contributed by atoms with E-state index in [1.807, 2.05) is 0 Å². The molecular formula is C14H20FN3O3S.